The fourth-order valence-corrected chi connectivity index (χ4v) is 4.69. The molecule has 1 unspecified atom stereocenters. The van der Waals surface area contributed by atoms with Gasteiger partial charge in [-0.1, -0.05) is 48.5 Å². The minimum Gasteiger partial charge on any atom is -0.473 e. The van der Waals surface area contributed by atoms with E-state index in [0.29, 0.717) is 41.2 Å². The number of hydrogen-bond donors (Lipinski definition) is 3. The molecule has 4 rings (SSSR count). The van der Waals surface area contributed by atoms with E-state index in [1.54, 1.807) is 31.4 Å². The predicted octanol–water partition coefficient (Wildman–Crippen LogP) is 3.96. The van der Waals surface area contributed by atoms with Gasteiger partial charge >= 0.3 is 5.97 Å². The molecule has 3 heterocycles. The third-order valence-corrected chi connectivity index (χ3v) is 7.01. The number of rotatable bonds is 13. The smallest absolute Gasteiger partial charge is 0.330 e. The van der Waals surface area contributed by atoms with Crippen molar-refractivity contribution < 1.29 is 23.9 Å². The van der Waals surface area contributed by atoms with E-state index in [1.165, 1.54) is 18.4 Å². The number of aromatic nitrogens is 3. The van der Waals surface area contributed by atoms with Gasteiger partial charge in [0.25, 0.3) is 11.8 Å². The summed E-state index contributed by atoms with van der Waals surface area (Å²) in [6.07, 6.45) is 3.73. The second kappa shape index (κ2) is 15.2. The number of carbonyl (C=O) groups is 3. The summed E-state index contributed by atoms with van der Waals surface area (Å²) >= 11 is 1.27. The number of nitrogens with one attached hydrogen (secondary N) is 3. The average Bonchev–Trinajstić information content (AvgIpc) is 3.56. The molecular weight excluding hydrogens is 568 g/mol. The standard InChI is InChI=1S/C31H32N6O5S/c1-20-27(29(39)37-24(30(40)41-3)18-33-28(38)25-14-9-17-43-25)21(2)35-31(34-20)32-16-8-13-23-12-7-15-26(36-23)42-19-22-10-5-4-6-11-22/h4-15,17,24H,16,18-19H2,1-3H3,(H,33,38)(H,37,39)(H,32,34,35). The van der Waals surface area contributed by atoms with Crippen LogP contribution in [0, 0.1) is 13.8 Å². The highest BCUT2D eigenvalue weighted by atomic mass is 32.1. The molecule has 0 aliphatic rings. The Balaban J connectivity index is 1.32. The van der Waals surface area contributed by atoms with Crippen molar-refractivity contribution in [1.29, 1.82) is 0 Å². The first-order chi connectivity index (χ1) is 20.8. The van der Waals surface area contributed by atoms with Crippen molar-refractivity contribution >= 4 is 41.1 Å². The Labute approximate surface area is 253 Å². The third kappa shape index (κ3) is 8.94. The number of benzene rings is 1. The lowest BCUT2D eigenvalue weighted by Gasteiger charge is -2.18. The maximum Gasteiger partial charge on any atom is 0.330 e. The molecule has 12 heteroatoms. The fraction of sp³-hybridized carbons (Fsp3) is 0.226. The van der Waals surface area contributed by atoms with Crippen molar-refractivity contribution in [3.63, 3.8) is 0 Å². The first kappa shape index (κ1) is 30.8. The van der Waals surface area contributed by atoms with Gasteiger partial charge in [-0.2, -0.15) is 0 Å². The number of hydrogen-bond acceptors (Lipinski definition) is 10. The Bertz CT molecular complexity index is 1550. The summed E-state index contributed by atoms with van der Waals surface area (Å²) in [6, 6.07) is 17.8. The summed E-state index contributed by atoms with van der Waals surface area (Å²) in [6.45, 7) is 4.07. The molecule has 0 saturated heterocycles. The lowest BCUT2D eigenvalue weighted by molar-refractivity contribution is -0.142. The molecule has 4 aromatic rings. The number of nitrogens with zero attached hydrogens (tertiary/aromatic N) is 3. The first-order valence-corrected chi connectivity index (χ1v) is 14.3. The van der Waals surface area contributed by atoms with Crippen LogP contribution in [0.5, 0.6) is 5.88 Å². The number of aryl methyl sites for hydroxylation is 2. The fourth-order valence-electron chi connectivity index (χ4n) is 4.04. The molecule has 1 atom stereocenters. The molecule has 0 aliphatic carbocycles. The topological polar surface area (TPSA) is 144 Å². The molecule has 222 valence electrons. The molecule has 0 bridgehead atoms. The van der Waals surface area contributed by atoms with Gasteiger partial charge in [0.1, 0.15) is 12.6 Å². The van der Waals surface area contributed by atoms with E-state index in [4.69, 9.17) is 9.47 Å². The minimum atomic E-state index is -1.10. The molecular formula is C31H32N6O5S. The van der Waals surface area contributed by atoms with Crippen LogP contribution in [0.15, 0.2) is 72.1 Å². The van der Waals surface area contributed by atoms with E-state index in [-0.39, 0.29) is 18.0 Å². The van der Waals surface area contributed by atoms with Crippen molar-refractivity contribution in [2.75, 3.05) is 25.5 Å². The maximum atomic E-state index is 13.1. The summed E-state index contributed by atoms with van der Waals surface area (Å²) in [7, 11) is 1.21. The summed E-state index contributed by atoms with van der Waals surface area (Å²) < 4.78 is 10.6. The van der Waals surface area contributed by atoms with E-state index >= 15 is 0 Å². The second-order valence-electron chi connectivity index (χ2n) is 9.29. The van der Waals surface area contributed by atoms with Crippen molar-refractivity contribution in [2.24, 2.45) is 0 Å². The Morgan fingerprint density at radius 2 is 1.70 bits per heavy atom. The number of amides is 2. The summed E-state index contributed by atoms with van der Waals surface area (Å²) in [5, 5.41) is 10.2. The molecule has 0 saturated carbocycles. The summed E-state index contributed by atoms with van der Waals surface area (Å²) in [5.74, 6) is -0.719. The van der Waals surface area contributed by atoms with Crippen molar-refractivity contribution in [3.8, 4) is 5.88 Å². The van der Waals surface area contributed by atoms with Crippen LogP contribution in [0.4, 0.5) is 5.95 Å². The van der Waals surface area contributed by atoms with Crippen LogP contribution in [-0.4, -0.2) is 59.0 Å². The van der Waals surface area contributed by atoms with Gasteiger partial charge in [-0.05, 0) is 43.0 Å². The number of pyridine rings is 1. The van der Waals surface area contributed by atoms with Crippen LogP contribution in [0.25, 0.3) is 6.08 Å². The zero-order valence-electron chi connectivity index (χ0n) is 24.0. The lowest BCUT2D eigenvalue weighted by atomic mass is 10.1. The summed E-state index contributed by atoms with van der Waals surface area (Å²) in [5.41, 5.74) is 2.88. The highest BCUT2D eigenvalue weighted by Gasteiger charge is 2.25. The quantitative estimate of drug-likeness (QED) is 0.194. The molecule has 0 fully saturated rings. The van der Waals surface area contributed by atoms with Gasteiger partial charge in [-0.25, -0.2) is 19.7 Å². The SMILES string of the molecule is COC(=O)C(CNC(=O)c1cccs1)NC(=O)c1c(C)nc(NCC=Cc2cccc(OCc3ccccc3)n2)nc1C. The molecule has 43 heavy (non-hydrogen) atoms. The zero-order valence-corrected chi connectivity index (χ0v) is 24.8. The monoisotopic (exact) mass is 600 g/mol. The minimum absolute atomic E-state index is 0.142. The Morgan fingerprint density at radius 1 is 0.930 bits per heavy atom. The van der Waals surface area contributed by atoms with Gasteiger partial charge < -0.3 is 25.4 Å². The number of methoxy groups -OCH3 is 1. The molecule has 0 radical (unpaired) electrons. The molecule has 3 N–H and O–H groups in total. The molecule has 3 aromatic heterocycles. The van der Waals surface area contributed by atoms with Crippen LogP contribution in [0.3, 0.4) is 0 Å². The van der Waals surface area contributed by atoms with Gasteiger partial charge in [0.05, 0.1) is 34.6 Å². The predicted molar refractivity (Wildman–Crippen MR) is 164 cm³/mol. The highest BCUT2D eigenvalue weighted by Crippen LogP contribution is 2.15. The van der Waals surface area contributed by atoms with Crippen molar-refractivity contribution in [1.82, 2.24) is 25.6 Å². The van der Waals surface area contributed by atoms with Crippen LogP contribution in [0.2, 0.25) is 0 Å². The number of esters is 1. The Kier molecular flexibility index (Phi) is 10.9. The molecule has 1 aromatic carbocycles. The number of carbonyl (C=O) groups excluding carboxylic acids is 3. The largest absolute Gasteiger partial charge is 0.473 e. The van der Waals surface area contributed by atoms with Crippen molar-refractivity contribution in [2.45, 2.75) is 26.5 Å². The molecule has 0 aliphatic heterocycles. The van der Waals surface area contributed by atoms with Crippen LogP contribution >= 0.6 is 11.3 Å². The Hall–Kier alpha value is -5.10. The van der Waals surface area contributed by atoms with Gasteiger partial charge in [0.15, 0.2) is 0 Å². The number of anilines is 1. The summed E-state index contributed by atoms with van der Waals surface area (Å²) in [4.78, 5) is 51.5. The van der Waals surface area contributed by atoms with E-state index in [2.05, 4.69) is 30.9 Å². The number of ether oxygens (including phenoxy) is 2. The van der Waals surface area contributed by atoms with Gasteiger partial charge in [-0.3, -0.25) is 9.59 Å². The maximum absolute atomic E-state index is 13.1. The van der Waals surface area contributed by atoms with E-state index < -0.39 is 17.9 Å². The lowest BCUT2D eigenvalue weighted by Crippen LogP contribution is -2.49. The normalized spacial score (nSPS) is 11.5. The van der Waals surface area contributed by atoms with Crippen LogP contribution < -0.4 is 20.7 Å². The number of thiophene rings is 1. The highest BCUT2D eigenvalue weighted by molar-refractivity contribution is 7.12. The van der Waals surface area contributed by atoms with E-state index in [0.717, 1.165) is 11.3 Å². The van der Waals surface area contributed by atoms with E-state index in [1.807, 2.05) is 60.7 Å². The third-order valence-electron chi connectivity index (χ3n) is 6.14. The first-order valence-electron chi connectivity index (χ1n) is 13.4. The molecule has 0 spiro atoms. The van der Waals surface area contributed by atoms with Gasteiger partial charge in [-0.15, -0.1) is 11.3 Å². The molecule has 2 amide bonds. The van der Waals surface area contributed by atoms with Gasteiger partial charge in [0.2, 0.25) is 11.8 Å². The van der Waals surface area contributed by atoms with Crippen LogP contribution in [0.1, 0.15) is 42.7 Å². The second-order valence-corrected chi connectivity index (χ2v) is 10.2. The molecule has 11 nitrogen and oxygen atoms in total. The zero-order chi connectivity index (χ0) is 30.6. The van der Waals surface area contributed by atoms with Crippen LogP contribution in [-0.2, 0) is 16.1 Å². The Morgan fingerprint density at radius 3 is 2.40 bits per heavy atom. The average molecular weight is 601 g/mol. The van der Waals surface area contributed by atoms with E-state index in [9.17, 15) is 14.4 Å². The van der Waals surface area contributed by atoms with Gasteiger partial charge in [0, 0.05) is 19.2 Å². The van der Waals surface area contributed by atoms with Crippen molar-refractivity contribution in [3.05, 3.63) is 105 Å².